The second-order valence-electron chi connectivity index (χ2n) is 2.82. The molecule has 0 saturated heterocycles. The van der Waals surface area contributed by atoms with Gasteiger partial charge in [0.15, 0.2) is 0 Å². The lowest BCUT2D eigenvalue weighted by Gasteiger charge is -2.20. The average Bonchev–Trinajstić information content (AvgIpc) is 2.36. The van der Waals surface area contributed by atoms with Crippen molar-refractivity contribution in [3.05, 3.63) is 18.0 Å². The highest BCUT2D eigenvalue weighted by Gasteiger charge is 2.23. The van der Waals surface area contributed by atoms with Gasteiger partial charge in [0, 0.05) is 19.8 Å². The predicted molar refractivity (Wildman–Crippen MR) is 41.8 cm³/mol. The van der Waals surface area contributed by atoms with Crippen LogP contribution in [-0.4, -0.2) is 21.4 Å². The third kappa shape index (κ3) is 1.41. The molecule has 0 fully saturated rings. The van der Waals surface area contributed by atoms with Crippen LogP contribution < -0.4 is 5.73 Å². The van der Waals surface area contributed by atoms with Crippen LogP contribution >= 0.6 is 0 Å². The lowest BCUT2D eigenvalue weighted by atomic mass is 10.0. The van der Waals surface area contributed by atoms with Crippen LogP contribution in [-0.2, 0) is 12.6 Å². The minimum absolute atomic E-state index is 0.201. The molecule has 0 aliphatic rings. The molecule has 1 aromatic rings. The first-order valence-corrected chi connectivity index (χ1v) is 3.49. The topological polar surface area (TPSA) is 64.1 Å². The van der Waals surface area contributed by atoms with Crippen LogP contribution in [0.2, 0.25) is 0 Å². The minimum Gasteiger partial charge on any atom is -0.383 e. The molecule has 0 saturated carbocycles. The minimum atomic E-state index is -0.967. The Bertz CT molecular complexity index is 242. The molecule has 0 bridgehead atoms. The fourth-order valence-electron chi connectivity index (χ4n) is 1.01. The number of aromatic nitrogens is 2. The zero-order valence-electron chi connectivity index (χ0n) is 6.78. The van der Waals surface area contributed by atoms with Crippen molar-refractivity contribution < 1.29 is 5.11 Å². The van der Waals surface area contributed by atoms with Crippen LogP contribution in [0.15, 0.2) is 12.3 Å². The van der Waals surface area contributed by atoms with Gasteiger partial charge in [-0.1, -0.05) is 0 Å². The molecule has 0 amide bonds. The Morgan fingerprint density at radius 3 is 2.82 bits per heavy atom. The zero-order chi connectivity index (χ0) is 8.48. The predicted octanol–water partition coefficient (Wildman–Crippen LogP) is -0.414. The van der Waals surface area contributed by atoms with Crippen molar-refractivity contribution in [1.29, 1.82) is 0 Å². The summed E-state index contributed by atoms with van der Waals surface area (Å²) in [5.41, 5.74) is 5.14. The van der Waals surface area contributed by atoms with Gasteiger partial charge >= 0.3 is 0 Å². The SMILES string of the molecule is Cn1nccc1C(C)(O)CN. The Morgan fingerprint density at radius 1 is 1.82 bits per heavy atom. The number of hydrogen-bond donors (Lipinski definition) is 2. The molecule has 3 N–H and O–H groups in total. The third-order valence-electron chi connectivity index (χ3n) is 1.77. The lowest BCUT2D eigenvalue weighted by Crippen LogP contribution is -2.33. The van der Waals surface area contributed by atoms with E-state index in [9.17, 15) is 5.11 Å². The van der Waals surface area contributed by atoms with Gasteiger partial charge in [-0.15, -0.1) is 0 Å². The molecule has 0 radical (unpaired) electrons. The van der Waals surface area contributed by atoms with Gasteiger partial charge in [0.1, 0.15) is 5.60 Å². The van der Waals surface area contributed by atoms with Crippen molar-refractivity contribution in [2.75, 3.05) is 6.54 Å². The summed E-state index contributed by atoms with van der Waals surface area (Å²) in [4.78, 5) is 0. The number of nitrogens with zero attached hydrogens (tertiary/aromatic N) is 2. The molecule has 0 aromatic carbocycles. The first kappa shape index (κ1) is 8.23. The molecule has 4 heteroatoms. The smallest absolute Gasteiger partial charge is 0.115 e. The molecule has 0 aliphatic carbocycles. The van der Waals surface area contributed by atoms with Gasteiger partial charge in [-0.3, -0.25) is 4.68 Å². The van der Waals surface area contributed by atoms with E-state index in [1.165, 1.54) is 0 Å². The van der Waals surface area contributed by atoms with Crippen LogP contribution in [0.4, 0.5) is 0 Å². The molecule has 11 heavy (non-hydrogen) atoms. The van der Waals surface area contributed by atoms with Gasteiger partial charge in [0.25, 0.3) is 0 Å². The Kier molecular flexibility index (Phi) is 1.97. The van der Waals surface area contributed by atoms with Crippen molar-refractivity contribution in [2.24, 2.45) is 12.8 Å². The lowest BCUT2D eigenvalue weighted by molar-refractivity contribution is 0.0581. The molecule has 1 aromatic heterocycles. The van der Waals surface area contributed by atoms with Gasteiger partial charge in [0.05, 0.1) is 5.69 Å². The molecular formula is C7H13N3O. The second kappa shape index (κ2) is 2.64. The molecule has 1 rings (SSSR count). The number of rotatable bonds is 2. The maximum atomic E-state index is 9.68. The fraction of sp³-hybridized carbons (Fsp3) is 0.571. The van der Waals surface area contributed by atoms with Crippen molar-refractivity contribution in [2.45, 2.75) is 12.5 Å². The Morgan fingerprint density at radius 2 is 2.45 bits per heavy atom. The Balaban J connectivity index is 3.00. The molecule has 0 spiro atoms. The van der Waals surface area contributed by atoms with E-state index in [2.05, 4.69) is 5.10 Å². The standard InChI is InChI=1S/C7H13N3O/c1-7(11,5-8)6-3-4-9-10(6)2/h3-4,11H,5,8H2,1-2H3. The second-order valence-corrected chi connectivity index (χ2v) is 2.82. The van der Waals surface area contributed by atoms with E-state index in [0.29, 0.717) is 0 Å². The molecule has 0 aliphatic heterocycles. The fourth-order valence-corrected chi connectivity index (χ4v) is 1.01. The van der Waals surface area contributed by atoms with Crippen LogP contribution in [0, 0.1) is 0 Å². The third-order valence-corrected chi connectivity index (χ3v) is 1.77. The van der Waals surface area contributed by atoms with Gasteiger partial charge in [-0.2, -0.15) is 5.10 Å². The first-order valence-electron chi connectivity index (χ1n) is 3.49. The summed E-state index contributed by atoms with van der Waals surface area (Å²) in [6, 6.07) is 1.76. The molecule has 1 heterocycles. The van der Waals surface area contributed by atoms with Crippen LogP contribution in [0.3, 0.4) is 0 Å². The molecule has 4 nitrogen and oxygen atoms in total. The quantitative estimate of drug-likeness (QED) is 0.610. The van der Waals surface area contributed by atoms with Crippen molar-refractivity contribution >= 4 is 0 Å². The maximum absolute atomic E-state index is 9.68. The van der Waals surface area contributed by atoms with E-state index >= 15 is 0 Å². The van der Waals surface area contributed by atoms with Gasteiger partial charge in [-0.05, 0) is 13.0 Å². The number of nitrogens with two attached hydrogens (primary N) is 1. The highest BCUT2D eigenvalue weighted by molar-refractivity contribution is 5.10. The van der Waals surface area contributed by atoms with Crippen LogP contribution in [0.5, 0.6) is 0 Å². The van der Waals surface area contributed by atoms with Gasteiger partial charge in [0.2, 0.25) is 0 Å². The molecule has 1 atom stereocenters. The summed E-state index contributed by atoms with van der Waals surface area (Å²) in [5, 5.41) is 13.6. The van der Waals surface area contributed by atoms with E-state index in [4.69, 9.17) is 5.73 Å². The highest BCUT2D eigenvalue weighted by Crippen LogP contribution is 2.16. The van der Waals surface area contributed by atoms with Crippen LogP contribution in [0.25, 0.3) is 0 Å². The number of hydrogen-bond acceptors (Lipinski definition) is 3. The monoisotopic (exact) mass is 155 g/mol. The van der Waals surface area contributed by atoms with Gasteiger partial charge in [-0.25, -0.2) is 0 Å². The van der Waals surface area contributed by atoms with Crippen molar-refractivity contribution in [3.8, 4) is 0 Å². The summed E-state index contributed by atoms with van der Waals surface area (Å²) < 4.78 is 1.62. The summed E-state index contributed by atoms with van der Waals surface area (Å²) >= 11 is 0. The largest absolute Gasteiger partial charge is 0.383 e. The van der Waals surface area contributed by atoms with Crippen molar-refractivity contribution in [3.63, 3.8) is 0 Å². The van der Waals surface area contributed by atoms with E-state index in [1.807, 2.05) is 0 Å². The number of aryl methyl sites for hydroxylation is 1. The Labute approximate surface area is 65.6 Å². The van der Waals surface area contributed by atoms with Crippen molar-refractivity contribution in [1.82, 2.24) is 9.78 Å². The molecule has 62 valence electrons. The van der Waals surface area contributed by atoms with E-state index in [1.54, 1.807) is 30.9 Å². The summed E-state index contributed by atoms with van der Waals surface area (Å²) in [5.74, 6) is 0. The Hall–Kier alpha value is -0.870. The van der Waals surface area contributed by atoms with E-state index in [0.717, 1.165) is 5.69 Å². The summed E-state index contributed by atoms with van der Waals surface area (Å²) in [6.45, 7) is 1.87. The van der Waals surface area contributed by atoms with Crippen LogP contribution in [0.1, 0.15) is 12.6 Å². The van der Waals surface area contributed by atoms with Gasteiger partial charge < -0.3 is 10.8 Å². The van der Waals surface area contributed by atoms with E-state index in [-0.39, 0.29) is 6.54 Å². The molecular weight excluding hydrogens is 142 g/mol. The summed E-state index contributed by atoms with van der Waals surface area (Å²) in [6.07, 6.45) is 1.64. The normalized spacial score (nSPS) is 16.4. The summed E-state index contributed by atoms with van der Waals surface area (Å²) in [7, 11) is 1.78. The van der Waals surface area contributed by atoms with E-state index < -0.39 is 5.60 Å². The average molecular weight is 155 g/mol. The molecule has 1 unspecified atom stereocenters. The highest BCUT2D eigenvalue weighted by atomic mass is 16.3. The zero-order valence-corrected chi connectivity index (χ0v) is 6.78. The maximum Gasteiger partial charge on any atom is 0.115 e. The number of aliphatic hydroxyl groups is 1. The first-order chi connectivity index (χ1) is 5.08.